The number of fused-ring (bicyclic) bond motifs is 1. The Bertz CT molecular complexity index is 751. The Morgan fingerprint density at radius 2 is 1.68 bits per heavy atom. The van der Waals surface area contributed by atoms with E-state index in [9.17, 15) is 4.79 Å². The highest BCUT2D eigenvalue weighted by molar-refractivity contribution is 5.98. The van der Waals surface area contributed by atoms with E-state index in [0.717, 1.165) is 11.8 Å². The first-order valence-corrected chi connectivity index (χ1v) is 6.32. The molecule has 0 atom stereocenters. The van der Waals surface area contributed by atoms with Crippen LogP contribution in [0, 0.1) is 6.92 Å². The van der Waals surface area contributed by atoms with Crippen LogP contribution >= 0.6 is 0 Å². The first-order valence-electron chi connectivity index (χ1n) is 6.32. The Morgan fingerprint density at radius 3 is 2.37 bits per heavy atom. The molecular weight excluding hydrogens is 234 g/mol. The number of hydrogen-bond donors (Lipinski definition) is 0. The number of hydrogen-bond acceptors (Lipinski definition) is 1. The third-order valence-corrected chi connectivity index (χ3v) is 3.74. The third kappa shape index (κ3) is 1.76. The maximum absolute atomic E-state index is 10.7. The minimum atomic E-state index is 0.710. The van der Waals surface area contributed by atoms with E-state index in [1.54, 1.807) is 0 Å². The van der Waals surface area contributed by atoms with Gasteiger partial charge in [-0.1, -0.05) is 42.5 Å². The van der Waals surface area contributed by atoms with Gasteiger partial charge in [-0.3, -0.25) is 4.79 Å². The summed E-state index contributed by atoms with van der Waals surface area (Å²) >= 11 is 0. The average molecular weight is 249 g/mol. The molecule has 19 heavy (non-hydrogen) atoms. The highest BCUT2D eigenvalue weighted by atomic mass is 16.1. The summed E-state index contributed by atoms with van der Waals surface area (Å²) in [6.45, 7) is 2.13. The lowest BCUT2D eigenvalue weighted by atomic mass is 10.0. The second-order valence-electron chi connectivity index (χ2n) is 4.78. The zero-order chi connectivity index (χ0) is 13.4. The number of aromatic nitrogens is 1. The minimum absolute atomic E-state index is 0.710. The summed E-state index contributed by atoms with van der Waals surface area (Å²) in [4.78, 5) is 10.7. The molecule has 0 fully saturated rings. The van der Waals surface area contributed by atoms with Crippen molar-refractivity contribution >= 4 is 17.2 Å². The highest BCUT2D eigenvalue weighted by Crippen LogP contribution is 2.33. The number of para-hydroxylation sites is 1. The van der Waals surface area contributed by atoms with Crippen LogP contribution in [0.15, 0.2) is 48.5 Å². The molecule has 2 aromatic carbocycles. The molecule has 0 aliphatic rings. The summed E-state index contributed by atoms with van der Waals surface area (Å²) < 4.78 is 2.21. The lowest BCUT2D eigenvalue weighted by Gasteiger charge is -2.03. The molecule has 0 saturated carbocycles. The fraction of sp³-hybridized carbons (Fsp3) is 0.118. The van der Waals surface area contributed by atoms with Crippen LogP contribution < -0.4 is 0 Å². The van der Waals surface area contributed by atoms with Gasteiger partial charge in [0.15, 0.2) is 0 Å². The summed E-state index contributed by atoms with van der Waals surface area (Å²) in [5, 5.41) is 1.25. The van der Waals surface area contributed by atoms with Gasteiger partial charge in [-0.2, -0.15) is 0 Å². The summed E-state index contributed by atoms with van der Waals surface area (Å²) in [5.41, 5.74) is 5.58. The lowest BCUT2D eigenvalue weighted by molar-refractivity contribution is 0.112. The summed E-state index contributed by atoms with van der Waals surface area (Å²) in [6.07, 6.45) is 0.875. The van der Waals surface area contributed by atoms with Crippen molar-refractivity contribution in [1.29, 1.82) is 0 Å². The van der Waals surface area contributed by atoms with E-state index in [1.807, 2.05) is 24.3 Å². The zero-order valence-corrected chi connectivity index (χ0v) is 11.1. The van der Waals surface area contributed by atoms with Crippen LogP contribution in [0.4, 0.5) is 0 Å². The third-order valence-electron chi connectivity index (χ3n) is 3.74. The fourth-order valence-corrected chi connectivity index (χ4v) is 2.61. The van der Waals surface area contributed by atoms with Crippen molar-refractivity contribution in [1.82, 2.24) is 4.57 Å². The van der Waals surface area contributed by atoms with Crippen LogP contribution in [0.5, 0.6) is 0 Å². The van der Waals surface area contributed by atoms with Gasteiger partial charge in [0.25, 0.3) is 0 Å². The van der Waals surface area contributed by atoms with E-state index in [1.165, 1.54) is 22.2 Å². The number of benzene rings is 2. The van der Waals surface area contributed by atoms with E-state index < -0.39 is 0 Å². The molecule has 2 heteroatoms. The molecule has 1 aromatic heterocycles. The van der Waals surface area contributed by atoms with Crippen LogP contribution in [0.25, 0.3) is 22.0 Å². The van der Waals surface area contributed by atoms with Gasteiger partial charge in [-0.05, 0) is 18.6 Å². The quantitative estimate of drug-likeness (QED) is 0.630. The minimum Gasteiger partial charge on any atom is -0.347 e. The molecule has 0 bridgehead atoms. The molecular formula is C17H15NO. The van der Waals surface area contributed by atoms with Gasteiger partial charge in [0.2, 0.25) is 0 Å². The van der Waals surface area contributed by atoms with Gasteiger partial charge < -0.3 is 4.57 Å². The van der Waals surface area contributed by atoms with Crippen molar-refractivity contribution in [2.45, 2.75) is 6.92 Å². The SMILES string of the molecule is Cc1c(-c2ccc(C=O)cc2)c2ccccc2n1C. The standard InChI is InChI=1S/C17H15NO/c1-12-17(14-9-7-13(11-19)8-10-14)15-5-3-4-6-16(15)18(12)2/h3-11H,1-2H3. The van der Waals surface area contributed by atoms with Crippen LogP contribution in [-0.2, 0) is 7.05 Å². The number of carbonyl (C=O) groups excluding carboxylic acids is 1. The predicted molar refractivity (Wildman–Crippen MR) is 78.5 cm³/mol. The Labute approximate surface area is 112 Å². The van der Waals surface area contributed by atoms with Crippen molar-refractivity contribution in [3.05, 3.63) is 59.8 Å². The van der Waals surface area contributed by atoms with Gasteiger partial charge in [-0.15, -0.1) is 0 Å². The summed E-state index contributed by atoms with van der Waals surface area (Å²) in [6, 6.07) is 16.1. The van der Waals surface area contributed by atoms with E-state index >= 15 is 0 Å². The Hall–Kier alpha value is -2.35. The van der Waals surface area contributed by atoms with Crippen molar-refractivity contribution < 1.29 is 4.79 Å². The molecule has 0 aliphatic carbocycles. The van der Waals surface area contributed by atoms with Gasteiger partial charge in [-0.25, -0.2) is 0 Å². The van der Waals surface area contributed by atoms with Gasteiger partial charge in [0, 0.05) is 34.8 Å². The molecule has 3 aromatic rings. The molecule has 0 saturated heterocycles. The van der Waals surface area contributed by atoms with Crippen LogP contribution in [0.1, 0.15) is 16.1 Å². The number of aryl methyl sites for hydroxylation is 1. The highest BCUT2D eigenvalue weighted by Gasteiger charge is 2.12. The number of nitrogens with zero attached hydrogens (tertiary/aromatic N) is 1. The van der Waals surface area contributed by atoms with Gasteiger partial charge in [0.05, 0.1) is 0 Å². The topological polar surface area (TPSA) is 22.0 Å². The number of aldehydes is 1. The smallest absolute Gasteiger partial charge is 0.150 e. The van der Waals surface area contributed by atoms with E-state index in [2.05, 4.69) is 42.8 Å². The fourth-order valence-electron chi connectivity index (χ4n) is 2.61. The van der Waals surface area contributed by atoms with Crippen LogP contribution in [0.2, 0.25) is 0 Å². The van der Waals surface area contributed by atoms with E-state index in [-0.39, 0.29) is 0 Å². The van der Waals surface area contributed by atoms with Crippen molar-refractivity contribution in [3.63, 3.8) is 0 Å². The first-order chi connectivity index (χ1) is 9.22. The van der Waals surface area contributed by atoms with Gasteiger partial charge >= 0.3 is 0 Å². The van der Waals surface area contributed by atoms with Gasteiger partial charge in [0.1, 0.15) is 6.29 Å². The van der Waals surface area contributed by atoms with Crippen molar-refractivity contribution in [3.8, 4) is 11.1 Å². The van der Waals surface area contributed by atoms with E-state index in [4.69, 9.17) is 0 Å². The van der Waals surface area contributed by atoms with Crippen LogP contribution in [-0.4, -0.2) is 10.9 Å². The molecule has 1 heterocycles. The monoisotopic (exact) mass is 249 g/mol. The number of carbonyl (C=O) groups is 1. The van der Waals surface area contributed by atoms with Crippen molar-refractivity contribution in [2.75, 3.05) is 0 Å². The molecule has 0 amide bonds. The lowest BCUT2D eigenvalue weighted by Crippen LogP contribution is -1.90. The van der Waals surface area contributed by atoms with E-state index in [0.29, 0.717) is 5.56 Å². The Morgan fingerprint density at radius 1 is 1.00 bits per heavy atom. The molecule has 3 rings (SSSR count). The average Bonchev–Trinajstić information content (AvgIpc) is 2.72. The maximum atomic E-state index is 10.7. The normalized spacial score (nSPS) is 10.8. The molecule has 0 N–H and O–H groups in total. The molecule has 2 nitrogen and oxygen atoms in total. The molecule has 0 radical (unpaired) electrons. The van der Waals surface area contributed by atoms with Crippen LogP contribution in [0.3, 0.4) is 0 Å². The molecule has 94 valence electrons. The summed E-state index contributed by atoms with van der Waals surface area (Å²) in [5.74, 6) is 0. The molecule has 0 unspecified atom stereocenters. The maximum Gasteiger partial charge on any atom is 0.150 e. The summed E-state index contributed by atoms with van der Waals surface area (Å²) in [7, 11) is 2.08. The second-order valence-corrected chi connectivity index (χ2v) is 4.78. The predicted octanol–water partition coefficient (Wildman–Crippen LogP) is 3.97. The number of rotatable bonds is 2. The second kappa shape index (κ2) is 4.39. The first kappa shape index (κ1) is 11.7. The Kier molecular flexibility index (Phi) is 2.71. The largest absolute Gasteiger partial charge is 0.347 e. The molecule has 0 spiro atoms. The van der Waals surface area contributed by atoms with Crippen molar-refractivity contribution in [2.24, 2.45) is 7.05 Å². The zero-order valence-electron chi connectivity index (χ0n) is 11.1. The Balaban J connectivity index is 2.29. The molecule has 0 aliphatic heterocycles.